The van der Waals surface area contributed by atoms with E-state index in [1.165, 1.54) is 32.2 Å². The molecule has 1 N–H and O–H groups in total. The lowest BCUT2D eigenvalue weighted by Crippen LogP contribution is -2.49. The molecule has 100 valence electrons. The molecule has 0 radical (unpaired) electrons. The molecular formula is C15H30N2. The van der Waals surface area contributed by atoms with Gasteiger partial charge in [-0.15, -0.1) is 0 Å². The molecule has 17 heavy (non-hydrogen) atoms. The normalized spacial score (nSPS) is 32.6. The molecule has 2 aliphatic carbocycles. The molecule has 0 saturated heterocycles. The van der Waals surface area contributed by atoms with Crippen molar-refractivity contribution in [2.24, 2.45) is 17.8 Å². The Morgan fingerprint density at radius 1 is 1.24 bits per heavy atom. The number of likely N-dealkylation sites (N-methyl/N-ethyl adjacent to an activating group) is 2. The summed E-state index contributed by atoms with van der Waals surface area (Å²) < 4.78 is 0. The van der Waals surface area contributed by atoms with Crippen LogP contribution in [-0.2, 0) is 0 Å². The Labute approximate surface area is 107 Å². The van der Waals surface area contributed by atoms with Gasteiger partial charge in [0.2, 0.25) is 0 Å². The van der Waals surface area contributed by atoms with Crippen LogP contribution in [0.15, 0.2) is 0 Å². The summed E-state index contributed by atoms with van der Waals surface area (Å²) in [6.45, 7) is 10.4. The van der Waals surface area contributed by atoms with Crippen LogP contribution in [-0.4, -0.2) is 37.1 Å². The summed E-state index contributed by atoms with van der Waals surface area (Å²) in [6, 6.07) is 0. The molecule has 2 bridgehead atoms. The fourth-order valence-electron chi connectivity index (χ4n) is 4.27. The molecule has 2 aliphatic rings. The Kier molecular flexibility index (Phi) is 4.14. The van der Waals surface area contributed by atoms with Gasteiger partial charge in [0.15, 0.2) is 0 Å². The van der Waals surface area contributed by atoms with Crippen LogP contribution in [0.25, 0.3) is 0 Å². The largest absolute Gasteiger partial charge is 0.311 e. The van der Waals surface area contributed by atoms with E-state index >= 15 is 0 Å². The Bertz CT molecular complexity index is 249. The smallest absolute Gasteiger partial charge is 0.0251 e. The predicted octanol–water partition coefficient (Wildman–Crippen LogP) is 2.74. The maximum atomic E-state index is 3.57. The number of fused-ring (bicyclic) bond motifs is 2. The van der Waals surface area contributed by atoms with Gasteiger partial charge in [0, 0.05) is 18.6 Å². The van der Waals surface area contributed by atoms with Crippen molar-refractivity contribution in [3.63, 3.8) is 0 Å². The zero-order valence-electron chi connectivity index (χ0n) is 12.1. The minimum Gasteiger partial charge on any atom is -0.311 e. The molecular weight excluding hydrogens is 208 g/mol. The van der Waals surface area contributed by atoms with Crippen molar-refractivity contribution >= 4 is 0 Å². The third-order valence-electron chi connectivity index (χ3n) is 4.75. The van der Waals surface area contributed by atoms with Crippen LogP contribution < -0.4 is 5.32 Å². The van der Waals surface area contributed by atoms with Crippen molar-refractivity contribution in [1.29, 1.82) is 0 Å². The van der Waals surface area contributed by atoms with E-state index in [2.05, 4.69) is 38.0 Å². The van der Waals surface area contributed by atoms with Crippen molar-refractivity contribution in [2.45, 2.75) is 52.0 Å². The van der Waals surface area contributed by atoms with E-state index in [1.807, 2.05) is 0 Å². The Hall–Kier alpha value is -0.0800. The van der Waals surface area contributed by atoms with Crippen LogP contribution >= 0.6 is 0 Å². The van der Waals surface area contributed by atoms with Gasteiger partial charge in [-0.05, 0) is 64.5 Å². The average molecular weight is 238 g/mol. The first-order valence-corrected chi connectivity index (χ1v) is 7.43. The van der Waals surface area contributed by atoms with E-state index in [9.17, 15) is 0 Å². The topological polar surface area (TPSA) is 15.3 Å². The number of hydrogen-bond donors (Lipinski definition) is 1. The second-order valence-corrected chi connectivity index (χ2v) is 7.05. The van der Waals surface area contributed by atoms with Gasteiger partial charge in [-0.1, -0.05) is 13.3 Å². The van der Waals surface area contributed by atoms with E-state index in [1.54, 1.807) is 0 Å². The Balaban J connectivity index is 1.75. The molecule has 2 saturated carbocycles. The van der Waals surface area contributed by atoms with Crippen LogP contribution in [0.2, 0.25) is 0 Å². The molecule has 0 aromatic carbocycles. The van der Waals surface area contributed by atoms with Gasteiger partial charge in [-0.25, -0.2) is 0 Å². The molecule has 3 unspecified atom stereocenters. The van der Waals surface area contributed by atoms with Crippen LogP contribution in [0, 0.1) is 17.8 Å². The lowest BCUT2D eigenvalue weighted by atomic mass is 9.88. The number of nitrogens with one attached hydrogen (secondary N) is 1. The molecule has 3 atom stereocenters. The Morgan fingerprint density at radius 2 is 2.00 bits per heavy atom. The minimum absolute atomic E-state index is 0.251. The van der Waals surface area contributed by atoms with E-state index in [-0.39, 0.29) is 5.54 Å². The summed E-state index contributed by atoms with van der Waals surface area (Å²) in [7, 11) is 2.30. The van der Waals surface area contributed by atoms with Crippen molar-refractivity contribution in [3.05, 3.63) is 0 Å². The fraction of sp³-hybridized carbons (Fsp3) is 1.00. The van der Waals surface area contributed by atoms with Gasteiger partial charge in [-0.3, -0.25) is 0 Å². The summed E-state index contributed by atoms with van der Waals surface area (Å²) in [5.74, 6) is 3.14. The molecule has 0 amide bonds. The summed E-state index contributed by atoms with van der Waals surface area (Å²) in [6.07, 6.45) is 6.08. The highest BCUT2D eigenvalue weighted by Gasteiger charge is 2.39. The van der Waals surface area contributed by atoms with E-state index < -0.39 is 0 Å². The highest BCUT2D eigenvalue weighted by molar-refractivity contribution is 4.91. The molecule has 0 heterocycles. The lowest BCUT2D eigenvalue weighted by molar-refractivity contribution is 0.180. The molecule has 0 aliphatic heterocycles. The second-order valence-electron chi connectivity index (χ2n) is 7.05. The van der Waals surface area contributed by atoms with Gasteiger partial charge < -0.3 is 10.2 Å². The van der Waals surface area contributed by atoms with Crippen LogP contribution in [0.1, 0.15) is 46.5 Å². The first kappa shape index (κ1) is 13.4. The molecule has 0 aromatic rings. The number of rotatable bonds is 6. The Morgan fingerprint density at radius 3 is 2.53 bits per heavy atom. The third kappa shape index (κ3) is 3.45. The van der Waals surface area contributed by atoms with Crippen molar-refractivity contribution < 1.29 is 0 Å². The van der Waals surface area contributed by atoms with E-state index in [0.717, 1.165) is 30.8 Å². The summed E-state index contributed by atoms with van der Waals surface area (Å²) in [4.78, 5) is 2.55. The summed E-state index contributed by atoms with van der Waals surface area (Å²) in [5.41, 5.74) is 0.251. The van der Waals surface area contributed by atoms with Crippen LogP contribution in [0.5, 0.6) is 0 Å². The molecule has 2 heteroatoms. The van der Waals surface area contributed by atoms with Gasteiger partial charge in [0.1, 0.15) is 0 Å². The van der Waals surface area contributed by atoms with E-state index in [4.69, 9.17) is 0 Å². The monoisotopic (exact) mass is 238 g/mol. The van der Waals surface area contributed by atoms with E-state index in [0.29, 0.717) is 0 Å². The molecule has 0 spiro atoms. The standard InChI is InChI=1S/C15H30N2/c1-5-16-15(2,3)11-17(4)10-14-9-12-6-7-13(14)8-12/h12-14,16H,5-11H2,1-4H3. The number of hydrogen-bond acceptors (Lipinski definition) is 2. The molecule has 2 nitrogen and oxygen atoms in total. The minimum atomic E-state index is 0.251. The van der Waals surface area contributed by atoms with Crippen LogP contribution in [0.4, 0.5) is 0 Å². The molecule has 2 fully saturated rings. The first-order chi connectivity index (χ1) is 8.00. The lowest BCUT2D eigenvalue weighted by Gasteiger charge is -2.34. The quantitative estimate of drug-likeness (QED) is 0.765. The zero-order valence-corrected chi connectivity index (χ0v) is 12.1. The zero-order chi connectivity index (χ0) is 12.5. The van der Waals surface area contributed by atoms with Crippen molar-refractivity contribution in [1.82, 2.24) is 10.2 Å². The SMILES string of the molecule is CCNC(C)(C)CN(C)CC1CC2CCC1C2. The van der Waals surface area contributed by atoms with Crippen LogP contribution in [0.3, 0.4) is 0 Å². The van der Waals surface area contributed by atoms with Crippen molar-refractivity contribution in [3.8, 4) is 0 Å². The van der Waals surface area contributed by atoms with Gasteiger partial charge in [-0.2, -0.15) is 0 Å². The maximum Gasteiger partial charge on any atom is 0.0251 e. The first-order valence-electron chi connectivity index (χ1n) is 7.43. The highest BCUT2D eigenvalue weighted by atomic mass is 15.1. The maximum absolute atomic E-state index is 3.57. The van der Waals surface area contributed by atoms with Gasteiger partial charge in [0.05, 0.1) is 0 Å². The van der Waals surface area contributed by atoms with Gasteiger partial charge >= 0.3 is 0 Å². The summed E-state index contributed by atoms with van der Waals surface area (Å²) >= 11 is 0. The molecule has 0 aromatic heterocycles. The third-order valence-corrected chi connectivity index (χ3v) is 4.75. The van der Waals surface area contributed by atoms with Gasteiger partial charge in [0.25, 0.3) is 0 Å². The summed E-state index contributed by atoms with van der Waals surface area (Å²) in [5, 5.41) is 3.57. The predicted molar refractivity (Wildman–Crippen MR) is 74.2 cm³/mol. The average Bonchev–Trinajstić information content (AvgIpc) is 2.77. The molecule has 2 rings (SSSR count). The fourth-order valence-corrected chi connectivity index (χ4v) is 4.27. The van der Waals surface area contributed by atoms with Crippen molar-refractivity contribution in [2.75, 3.05) is 26.7 Å². The number of nitrogens with zero attached hydrogens (tertiary/aromatic N) is 1. The highest BCUT2D eigenvalue weighted by Crippen LogP contribution is 2.48. The second kappa shape index (κ2) is 5.27.